The number of hydrogen-bond donors (Lipinski definition) is 1. The normalized spacial score (nSPS) is 12.7. The molecule has 0 aliphatic carbocycles. The Labute approximate surface area is 122 Å². The van der Waals surface area contributed by atoms with Gasteiger partial charge >= 0.3 is 0 Å². The molecule has 1 unspecified atom stereocenters. The van der Waals surface area contributed by atoms with Crippen molar-refractivity contribution in [2.24, 2.45) is 11.8 Å². The average molecular weight is 277 g/mol. The SMILES string of the molecule is CC(C)COCC(NC=O)c1ccccc1CC(C)C. The summed E-state index contributed by atoms with van der Waals surface area (Å²) in [4.78, 5) is 10.9. The van der Waals surface area contributed by atoms with Gasteiger partial charge < -0.3 is 10.1 Å². The van der Waals surface area contributed by atoms with Crippen molar-refractivity contribution in [3.05, 3.63) is 35.4 Å². The van der Waals surface area contributed by atoms with Gasteiger partial charge in [-0.2, -0.15) is 0 Å². The van der Waals surface area contributed by atoms with Crippen LogP contribution in [0.15, 0.2) is 24.3 Å². The molecule has 0 saturated heterocycles. The third-order valence-corrected chi connectivity index (χ3v) is 3.06. The molecule has 112 valence electrons. The fourth-order valence-electron chi connectivity index (χ4n) is 2.23. The van der Waals surface area contributed by atoms with Crippen LogP contribution < -0.4 is 5.32 Å². The molecule has 0 aliphatic heterocycles. The van der Waals surface area contributed by atoms with Crippen molar-refractivity contribution >= 4 is 6.41 Å². The second-order valence-electron chi connectivity index (χ2n) is 6.07. The number of amides is 1. The van der Waals surface area contributed by atoms with Gasteiger partial charge in [0.15, 0.2) is 0 Å². The van der Waals surface area contributed by atoms with Crippen LogP contribution in [0.3, 0.4) is 0 Å². The van der Waals surface area contributed by atoms with Crippen LogP contribution in [0.1, 0.15) is 44.9 Å². The largest absolute Gasteiger partial charge is 0.379 e. The van der Waals surface area contributed by atoms with E-state index in [9.17, 15) is 4.79 Å². The van der Waals surface area contributed by atoms with E-state index in [2.05, 4.69) is 45.1 Å². The summed E-state index contributed by atoms with van der Waals surface area (Å²) in [6, 6.07) is 8.21. The molecule has 0 heterocycles. The molecule has 3 nitrogen and oxygen atoms in total. The molecular weight excluding hydrogens is 250 g/mol. The summed E-state index contributed by atoms with van der Waals surface area (Å²) in [6.45, 7) is 9.88. The zero-order chi connectivity index (χ0) is 15.0. The second-order valence-corrected chi connectivity index (χ2v) is 6.07. The average Bonchev–Trinajstić information content (AvgIpc) is 2.37. The molecule has 0 aliphatic rings. The van der Waals surface area contributed by atoms with E-state index in [1.54, 1.807) is 0 Å². The molecule has 1 amide bonds. The Morgan fingerprint density at radius 3 is 2.40 bits per heavy atom. The van der Waals surface area contributed by atoms with E-state index in [1.165, 1.54) is 5.56 Å². The molecule has 3 heteroatoms. The lowest BCUT2D eigenvalue weighted by atomic mass is 9.94. The highest BCUT2D eigenvalue weighted by atomic mass is 16.5. The van der Waals surface area contributed by atoms with Crippen molar-refractivity contribution in [2.45, 2.75) is 40.2 Å². The molecule has 1 aromatic rings. The Balaban J connectivity index is 2.81. The van der Waals surface area contributed by atoms with Crippen LogP contribution in [0, 0.1) is 11.8 Å². The minimum Gasteiger partial charge on any atom is -0.379 e. The number of ether oxygens (including phenoxy) is 1. The number of rotatable bonds is 9. The molecule has 1 atom stereocenters. The Morgan fingerprint density at radius 1 is 1.10 bits per heavy atom. The Bertz CT molecular complexity index is 402. The van der Waals surface area contributed by atoms with Gasteiger partial charge in [-0.1, -0.05) is 52.0 Å². The molecular formula is C17H27NO2. The fraction of sp³-hybridized carbons (Fsp3) is 0.588. The predicted octanol–water partition coefficient (Wildman–Crippen LogP) is 3.34. The van der Waals surface area contributed by atoms with Gasteiger partial charge in [-0.25, -0.2) is 0 Å². The van der Waals surface area contributed by atoms with Crippen LogP contribution in [-0.2, 0) is 16.0 Å². The van der Waals surface area contributed by atoms with E-state index in [0.717, 1.165) is 18.4 Å². The summed E-state index contributed by atoms with van der Waals surface area (Å²) in [5, 5.41) is 2.88. The van der Waals surface area contributed by atoms with Crippen LogP contribution >= 0.6 is 0 Å². The van der Waals surface area contributed by atoms with Gasteiger partial charge in [-0.15, -0.1) is 0 Å². The lowest BCUT2D eigenvalue weighted by Gasteiger charge is -2.21. The van der Waals surface area contributed by atoms with Crippen LogP contribution in [0.4, 0.5) is 0 Å². The lowest BCUT2D eigenvalue weighted by Crippen LogP contribution is -2.26. The van der Waals surface area contributed by atoms with Crippen LogP contribution in [0.5, 0.6) is 0 Å². The van der Waals surface area contributed by atoms with E-state index in [4.69, 9.17) is 4.74 Å². The third kappa shape index (κ3) is 5.74. The third-order valence-electron chi connectivity index (χ3n) is 3.06. The van der Waals surface area contributed by atoms with Gasteiger partial charge in [0.1, 0.15) is 0 Å². The van der Waals surface area contributed by atoms with Crippen molar-refractivity contribution in [2.75, 3.05) is 13.2 Å². The highest BCUT2D eigenvalue weighted by Crippen LogP contribution is 2.21. The quantitative estimate of drug-likeness (QED) is 0.703. The minimum absolute atomic E-state index is 0.0683. The standard InChI is InChI=1S/C17H27NO2/c1-13(2)9-15-7-5-6-8-16(15)17(18-12-19)11-20-10-14(3)4/h5-8,12-14,17H,9-11H2,1-4H3,(H,18,19). The van der Waals surface area contributed by atoms with Crippen LogP contribution in [0.25, 0.3) is 0 Å². The molecule has 0 bridgehead atoms. The Hall–Kier alpha value is -1.35. The highest BCUT2D eigenvalue weighted by Gasteiger charge is 2.15. The highest BCUT2D eigenvalue weighted by molar-refractivity contribution is 5.48. The molecule has 0 spiro atoms. The first-order valence-electron chi connectivity index (χ1n) is 7.39. The number of carbonyl (C=O) groups excluding carboxylic acids is 1. The molecule has 20 heavy (non-hydrogen) atoms. The molecule has 1 rings (SSSR count). The first-order chi connectivity index (χ1) is 9.54. The van der Waals surface area contributed by atoms with Crippen molar-refractivity contribution in [3.63, 3.8) is 0 Å². The fourth-order valence-corrected chi connectivity index (χ4v) is 2.23. The molecule has 1 aromatic carbocycles. The minimum atomic E-state index is -0.0683. The molecule has 0 aromatic heterocycles. The number of carbonyl (C=O) groups is 1. The Morgan fingerprint density at radius 2 is 1.80 bits per heavy atom. The summed E-state index contributed by atoms with van der Waals surface area (Å²) in [7, 11) is 0. The topological polar surface area (TPSA) is 38.3 Å². The zero-order valence-corrected chi connectivity index (χ0v) is 13.1. The van der Waals surface area contributed by atoms with E-state index in [0.29, 0.717) is 25.0 Å². The molecule has 0 radical (unpaired) electrons. The summed E-state index contributed by atoms with van der Waals surface area (Å²) in [6.07, 6.45) is 1.77. The summed E-state index contributed by atoms with van der Waals surface area (Å²) in [5.41, 5.74) is 2.45. The first kappa shape index (κ1) is 16.7. The maximum Gasteiger partial charge on any atom is 0.207 e. The first-order valence-corrected chi connectivity index (χ1v) is 7.39. The van der Waals surface area contributed by atoms with Crippen LogP contribution in [-0.4, -0.2) is 19.6 Å². The van der Waals surface area contributed by atoms with Crippen molar-refractivity contribution in [3.8, 4) is 0 Å². The van der Waals surface area contributed by atoms with E-state index in [-0.39, 0.29) is 6.04 Å². The smallest absolute Gasteiger partial charge is 0.207 e. The number of hydrogen-bond acceptors (Lipinski definition) is 2. The van der Waals surface area contributed by atoms with Gasteiger partial charge in [0, 0.05) is 6.61 Å². The molecule has 0 fully saturated rings. The molecule has 0 saturated carbocycles. The summed E-state index contributed by atoms with van der Waals surface area (Å²) >= 11 is 0. The maximum absolute atomic E-state index is 10.9. The van der Waals surface area contributed by atoms with Crippen molar-refractivity contribution in [1.29, 1.82) is 0 Å². The van der Waals surface area contributed by atoms with Crippen molar-refractivity contribution < 1.29 is 9.53 Å². The zero-order valence-electron chi connectivity index (χ0n) is 13.1. The summed E-state index contributed by atoms with van der Waals surface area (Å²) in [5.74, 6) is 1.09. The number of nitrogens with one attached hydrogen (secondary N) is 1. The van der Waals surface area contributed by atoms with Gasteiger partial charge in [0.25, 0.3) is 0 Å². The van der Waals surface area contributed by atoms with Gasteiger partial charge in [-0.3, -0.25) is 4.79 Å². The monoisotopic (exact) mass is 277 g/mol. The maximum atomic E-state index is 10.9. The van der Waals surface area contributed by atoms with Crippen molar-refractivity contribution in [1.82, 2.24) is 5.32 Å². The number of benzene rings is 1. The summed E-state index contributed by atoms with van der Waals surface area (Å²) < 4.78 is 5.70. The predicted molar refractivity (Wildman–Crippen MR) is 82.6 cm³/mol. The van der Waals surface area contributed by atoms with E-state index < -0.39 is 0 Å². The lowest BCUT2D eigenvalue weighted by molar-refractivity contribution is -0.110. The van der Waals surface area contributed by atoms with E-state index in [1.807, 2.05) is 12.1 Å². The van der Waals surface area contributed by atoms with Crippen LogP contribution in [0.2, 0.25) is 0 Å². The van der Waals surface area contributed by atoms with Gasteiger partial charge in [0.05, 0.1) is 12.6 Å². The second kappa shape index (κ2) is 8.75. The van der Waals surface area contributed by atoms with Gasteiger partial charge in [0.2, 0.25) is 6.41 Å². The molecule has 1 N–H and O–H groups in total. The van der Waals surface area contributed by atoms with E-state index >= 15 is 0 Å². The van der Waals surface area contributed by atoms with Gasteiger partial charge in [-0.05, 0) is 29.4 Å². The Kier molecular flexibility index (Phi) is 7.31.